The highest BCUT2D eigenvalue weighted by atomic mass is 32.2. The number of hydrogen-bond acceptors (Lipinski definition) is 3. The second kappa shape index (κ2) is 6.05. The Morgan fingerprint density at radius 1 is 1.40 bits per heavy atom. The molecule has 1 N–H and O–H groups in total. The fraction of sp³-hybridized carbons (Fsp3) is 0.727. The number of aromatic nitrogens is 2. The smallest absolute Gasteiger partial charge is 0.0827 e. The lowest BCUT2D eigenvalue weighted by Crippen LogP contribution is -2.04. The fourth-order valence-corrected chi connectivity index (χ4v) is 2.20. The van der Waals surface area contributed by atoms with Crippen LogP contribution in [-0.2, 0) is 7.05 Å². The Bertz CT molecular complexity index is 307. The van der Waals surface area contributed by atoms with Crippen molar-refractivity contribution in [2.24, 2.45) is 7.05 Å². The number of nitrogens with one attached hydrogen (secondary N) is 1. The first-order valence-electron chi connectivity index (χ1n) is 5.48. The average molecular weight is 227 g/mol. The van der Waals surface area contributed by atoms with Gasteiger partial charge in [0.1, 0.15) is 0 Å². The Hall–Kier alpha value is -0.640. The van der Waals surface area contributed by atoms with E-state index in [1.54, 1.807) is 0 Å². The zero-order chi connectivity index (χ0) is 11.3. The second-order valence-corrected chi connectivity index (χ2v) is 5.04. The topological polar surface area (TPSA) is 29.9 Å². The molecule has 0 unspecified atom stereocenters. The van der Waals surface area contributed by atoms with E-state index in [9.17, 15) is 0 Å². The Balaban J connectivity index is 2.37. The molecule has 1 aromatic heterocycles. The summed E-state index contributed by atoms with van der Waals surface area (Å²) in [5.74, 6) is 2.45. The Kier molecular flexibility index (Phi) is 5.02. The number of nitrogens with zero attached hydrogens (tertiary/aromatic N) is 2. The number of rotatable bonds is 6. The van der Waals surface area contributed by atoms with E-state index in [0.29, 0.717) is 0 Å². The quantitative estimate of drug-likeness (QED) is 0.758. The third-order valence-corrected chi connectivity index (χ3v) is 3.47. The van der Waals surface area contributed by atoms with E-state index in [0.717, 1.165) is 12.2 Å². The molecular weight excluding hydrogens is 206 g/mol. The van der Waals surface area contributed by atoms with Gasteiger partial charge in [0.05, 0.1) is 17.1 Å². The summed E-state index contributed by atoms with van der Waals surface area (Å²) in [6.07, 6.45) is 1.21. The van der Waals surface area contributed by atoms with Crippen LogP contribution in [0.25, 0.3) is 0 Å². The molecule has 1 aromatic rings. The van der Waals surface area contributed by atoms with E-state index in [1.807, 2.05) is 23.5 Å². The van der Waals surface area contributed by atoms with Crippen molar-refractivity contribution in [2.45, 2.75) is 27.2 Å². The van der Waals surface area contributed by atoms with Gasteiger partial charge in [0.25, 0.3) is 0 Å². The summed E-state index contributed by atoms with van der Waals surface area (Å²) in [6, 6.07) is 0. The summed E-state index contributed by atoms with van der Waals surface area (Å²) >= 11 is 2.00. The molecule has 0 aliphatic heterocycles. The summed E-state index contributed by atoms with van der Waals surface area (Å²) in [6.45, 7) is 7.40. The van der Waals surface area contributed by atoms with Crippen LogP contribution < -0.4 is 5.32 Å². The zero-order valence-corrected chi connectivity index (χ0v) is 10.9. The first-order chi connectivity index (χ1) is 7.16. The van der Waals surface area contributed by atoms with Crippen LogP contribution in [0.2, 0.25) is 0 Å². The predicted octanol–water partition coefficient (Wildman–Crippen LogP) is 2.59. The van der Waals surface area contributed by atoms with Gasteiger partial charge in [0, 0.05) is 13.6 Å². The number of anilines is 1. The third-order valence-electron chi connectivity index (χ3n) is 2.48. The molecule has 0 fully saturated rings. The first kappa shape index (κ1) is 12.4. The van der Waals surface area contributed by atoms with E-state index in [4.69, 9.17) is 0 Å². The van der Waals surface area contributed by atoms with Gasteiger partial charge in [-0.15, -0.1) is 0 Å². The minimum absolute atomic E-state index is 1.04. The number of aryl methyl sites for hydroxylation is 2. The molecule has 0 bridgehead atoms. The molecular formula is C11H21N3S. The van der Waals surface area contributed by atoms with Crippen LogP contribution in [0.15, 0.2) is 0 Å². The van der Waals surface area contributed by atoms with Crippen molar-refractivity contribution < 1.29 is 0 Å². The van der Waals surface area contributed by atoms with Gasteiger partial charge in [-0.3, -0.25) is 4.68 Å². The monoisotopic (exact) mass is 227 g/mol. The maximum atomic E-state index is 4.37. The van der Waals surface area contributed by atoms with Crippen molar-refractivity contribution in [1.29, 1.82) is 0 Å². The molecule has 3 nitrogen and oxygen atoms in total. The molecule has 0 aromatic carbocycles. The second-order valence-electron chi connectivity index (χ2n) is 3.65. The SMILES string of the molecule is CCSCCCNc1c(C)nn(C)c1C. The Labute approximate surface area is 96.6 Å². The molecule has 0 saturated carbocycles. The van der Waals surface area contributed by atoms with Crippen LogP contribution in [0.4, 0.5) is 5.69 Å². The molecule has 0 amide bonds. The Morgan fingerprint density at radius 3 is 2.67 bits per heavy atom. The first-order valence-corrected chi connectivity index (χ1v) is 6.64. The van der Waals surface area contributed by atoms with Crippen molar-refractivity contribution in [1.82, 2.24) is 9.78 Å². The van der Waals surface area contributed by atoms with Gasteiger partial charge in [-0.1, -0.05) is 6.92 Å². The molecule has 0 aliphatic carbocycles. The van der Waals surface area contributed by atoms with Gasteiger partial charge in [0.2, 0.25) is 0 Å². The highest BCUT2D eigenvalue weighted by molar-refractivity contribution is 7.99. The van der Waals surface area contributed by atoms with Gasteiger partial charge in [-0.2, -0.15) is 16.9 Å². The molecule has 1 heterocycles. The van der Waals surface area contributed by atoms with Crippen LogP contribution in [0.3, 0.4) is 0 Å². The largest absolute Gasteiger partial charge is 0.382 e. The molecule has 15 heavy (non-hydrogen) atoms. The van der Waals surface area contributed by atoms with Gasteiger partial charge in [-0.05, 0) is 31.8 Å². The molecule has 0 saturated heterocycles. The molecule has 0 spiro atoms. The van der Waals surface area contributed by atoms with Crippen molar-refractivity contribution >= 4 is 17.4 Å². The number of hydrogen-bond donors (Lipinski definition) is 1. The maximum Gasteiger partial charge on any atom is 0.0827 e. The van der Waals surface area contributed by atoms with Gasteiger partial charge >= 0.3 is 0 Å². The number of thioether (sulfide) groups is 1. The molecule has 0 atom stereocenters. The lowest BCUT2D eigenvalue weighted by molar-refractivity contribution is 0.731. The van der Waals surface area contributed by atoms with Crippen molar-refractivity contribution in [2.75, 3.05) is 23.4 Å². The van der Waals surface area contributed by atoms with E-state index >= 15 is 0 Å². The van der Waals surface area contributed by atoms with Gasteiger partial charge < -0.3 is 5.32 Å². The zero-order valence-electron chi connectivity index (χ0n) is 10.1. The molecule has 0 aliphatic rings. The summed E-state index contributed by atoms with van der Waals surface area (Å²) in [4.78, 5) is 0. The Morgan fingerprint density at radius 2 is 2.13 bits per heavy atom. The molecule has 4 heteroatoms. The fourth-order valence-electron chi connectivity index (χ4n) is 1.56. The lowest BCUT2D eigenvalue weighted by atomic mass is 10.3. The minimum atomic E-state index is 1.04. The van der Waals surface area contributed by atoms with Crippen LogP contribution in [-0.4, -0.2) is 27.8 Å². The predicted molar refractivity (Wildman–Crippen MR) is 68.8 cm³/mol. The van der Waals surface area contributed by atoms with Crippen molar-refractivity contribution in [3.05, 3.63) is 11.4 Å². The van der Waals surface area contributed by atoms with Gasteiger partial charge in [-0.25, -0.2) is 0 Å². The summed E-state index contributed by atoms with van der Waals surface area (Å²) < 4.78 is 1.93. The van der Waals surface area contributed by atoms with E-state index in [2.05, 4.69) is 31.2 Å². The molecule has 86 valence electrons. The molecule has 1 rings (SSSR count). The lowest BCUT2D eigenvalue weighted by Gasteiger charge is -2.06. The standard InChI is InChI=1S/C11H21N3S/c1-5-15-8-6-7-12-11-9(2)13-14(4)10(11)3/h12H,5-8H2,1-4H3. The van der Waals surface area contributed by atoms with E-state index < -0.39 is 0 Å². The summed E-state index contributed by atoms with van der Waals surface area (Å²) in [5.41, 5.74) is 3.52. The van der Waals surface area contributed by atoms with Gasteiger partial charge in [0.15, 0.2) is 0 Å². The average Bonchev–Trinajstić information content (AvgIpc) is 2.44. The van der Waals surface area contributed by atoms with Crippen molar-refractivity contribution in [3.8, 4) is 0 Å². The van der Waals surface area contributed by atoms with Crippen LogP contribution >= 0.6 is 11.8 Å². The normalized spacial score (nSPS) is 10.7. The van der Waals surface area contributed by atoms with Crippen LogP contribution in [0.1, 0.15) is 24.7 Å². The van der Waals surface area contributed by atoms with E-state index in [-0.39, 0.29) is 0 Å². The molecule has 0 radical (unpaired) electrons. The summed E-state index contributed by atoms with van der Waals surface area (Å²) in [5, 5.41) is 7.84. The summed E-state index contributed by atoms with van der Waals surface area (Å²) in [7, 11) is 1.99. The maximum absolute atomic E-state index is 4.37. The van der Waals surface area contributed by atoms with E-state index in [1.165, 1.54) is 29.3 Å². The van der Waals surface area contributed by atoms with Crippen molar-refractivity contribution in [3.63, 3.8) is 0 Å². The minimum Gasteiger partial charge on any atom is -0.382 e. The van der Waals surface area contributed by atoms with Crippen LogP contribution in [0.5, 0.6) is 0 Å². The highest BCUT2D eigenvalue weighted by Gasteiger charge is 2.07. The third kappa shape index (κ3) is 3.45. The highest BCUT2D eigenvalue weighted by Crippen LogP contribution is 2.18. The van der Waals surface area contributed by atoms with Crippen LogP contribution in [0, 0.1) is 13.8 Å².